The summed E-state index contributed by atoms with van der Waals surface area (Å²) in [6.07, 6.45) is 5.35. The zero-order valence-corrected chi connectivity index (χ0v) is 15.1. The highest BCUT2D eigenvalue weighted by Crippen LogP contribution is 2.41. The Hall–Kier alpha value is -2.18. The summed E-state index contributed by atoms with van der Waals surface area (Å²) in [5, 5.41) is 15.0. The first-order chi connectivity index (χ1) is 12.7. The van der Waals surface area contributed by atoms with E-state index in [0.29, 0.717) is 11.8 Å². The normalized spacial score (nSPS) is 29.3. The standard InChI is InChI=1S/C20H25N5O/c1-23-17-6-3-2-5-16(17)22-20(23)13-24-11-14-9-18(25-8-4-7-21-25)19(26)10-15(14)12-24/h2-8,14-15,18-19,26H,9-13H2,1H3/t14-,15+,18-,19-/m1/s1. The van der Waals surface area contributed by atoms with Gasteiger partial charge in [-0.2, -0.15) is 5.10 Å². The lowest BCUT2D eigenvalue weighted by molar-refractivity contribution is 0.0306. The first-order valence-corrected chi connectivity index (χ1v) is 9.49. The largest absolute Gasteiger partial charge is 0.391 e. The molecule has 1 aliphatic carbocycles. The number of benzene rings is 1. The van der Waals surface area contributed by atoms with Crippen molar-refractivity contribution in [3.8, 4) is 0 Å². The van der Waals surface area contributed by atoms with Crippen molar-refractivity contribution < 1.29 is 5.11 Å². The summed E-state index contributed by atoms with van der Waals surface area (Å²) in [6, 6.07) is 10.4. The van der Waals surface area contributed by atoms with Crippen LogP contribution < -0.4 is 0 Å². The zero-order valence-electron chi connectivity index (χ0n) is 15.1. The Bertz CT molecular complexity index is 902. The van der Waals surface area contributed by atoms with Crippen molar-refractivity contribution in [3.05, 3.63) is 48.5 Å². The molecule has 5 rings (SSSR count). The Morgan fingerprint density at radius 1 is 1.12 bits per heavy atom. The molecule has 3 aromatic rings. The van der Waals surface area contributed by atoms with Crippen LogP contribution in [0.5, 0.6) is 0 Å². The smallest absolute Gasteiger partial charge is 0.123 e. The quantitative estimate of drug-likeness (QED) is 0.786. The van der Waals surface area contributed by atoms with Gasteiger partial charge >= 0.3 is 0 Å². The number of likely N-dealkylation sites (tertiary alicyclic amines) is 1. The molecule has 2 fully saturated rings. The number of aryl methyl sites for hydroxylation is 1. The first kappa shape index (κ1) is 16.0. The molecule has 136 valence electrons. The minimum atomic E-state index is -0.299. The van der Waals surface area contributed by atoms with Crippen LogP contribution in [0.1, 0.15) is 24.7 Å². The molecule has 1 saturated heterocycles. The van der Waals surface area contributed by atoms with E-state index in [1.54, 1.807) is 6.20 Å². The summed E-state index contributed by atoms with van der Waals surface area (Å²) in [6.45, 7) is 3.01. The molecular weight excluding hydrogens is 326 g/mol. The molecule has 1 aromatic carbocycles. The maximum Gasteiger partial charge on any atom is 0.123 e. The molecule has 26 heavy (non-hydrogen) atoms. The van der Waals surface area contributed by atoms with Crippen LogP contribution in [-0.2, 0) is 13.6 Å². The second-order valence-corrected chi connectivity index (χ2v) is 7.88. The number of fused-ring (bicyclic) bond motifs is 2. The topological polar surface area (TPSA) is 59.1 Å². The fraction of sp³-hybridized carbons (Fsp3) is 0.500. The number of hydrogen-bond donors (Lipinski definition) is 1. The fourth-order valence-corrected chi connectivity index (χ4v) is 4.93. The average Bonchev–Trinajstić information content (AvgIpc) is 3.35. The molecule has 0 bridgehead atoms. The molecule has 6 nitrogen and oxygen atoms in total. The summed E-state index contributed by atoms with van der Waals surface area (Å²) >= 11 is 0. The molecule has 4 atom stereocenters. The van der Waals surface area contributed by atoms with Crippen LogP contribution in [0, 0.1) is 11.8 Å². The molecule has 1 saturated carbocycles. The Morgan fingerprint density at radius 2 is 1.92 bits per heavy atom. The molecule has 1 aliphatic heterocycles. The van der Waals surface area contributed by atoms with Crippen molar-refractivity contribution >= 4 is 11.0 Å². The van der Waals surface area contributed by atoms with Crippen LogP contribution in [0.25, 0.3) is 11.0 Å². The monoisotopic (exact) mass is 351 g/mol. The van der Waals surface area contributed by atoms with E-state index in [1.807, 2.05) is 23.0 Å². The van der Waals surface area contributed by atoms with Gasteiger partial charge in [0.1, 0.15) is 5.82 Å². The molecule has 6 heteroatoms. The molecule has 0 radical (unpaired) electrons. The number of para-hydroxylation sites is 2. The van der Waals surface area contributed by atoms with Gasteiger partial charge in [0.05, 0.1) is 29.7 Å². The van der Waals surface area contributed by atoms with Gasteiger partial charge in [0.25, 0.3) is 0 Å². The lowest BCUT2D eigenvalue weighted by atomic mass is 9.77. The van der Waals surface area contributed by atoms with Crippen LogP contribution in [0.3, 0.4) is 0 Å². The van der Waals surface area contributed by atoms with Crippen LogP contribution in [0.4, 0.5) is 0 Å². The maximum atomic E-state index is 10.6. The molecule has 2 aromatic heterocycles. The van der Waals surface area contributed by atoms with Crippen molar-refractivity contribution in [1.29, 1.82) is 0 Å². The van der Waals surface area contributed by atoms with E-state index in [0.717, 1.165) is 43.8 Å². The summed E-state index contributed by atoms with van der Waals surface area (Å²) in [5.41, 5.74) is 2.25. The summed E-state index contributed by atoms with van der Waals surface area (Å²) in [5.74, 6) is 2.32. The van der Waals surface area contributed by atoms with Gasteiger partial charge in [0, 0.05) is 32.5 Å². The number of aromatic nitrogens is 4. The Kier molecular flexibility index (Phi) is 3.83. The third-order valence-electron chi connectivity index (χ3n) is 6.29. The Balaban J connectivity index is 1.32. The molecule has 0 unspecified atom stereocenters. The van der Waals surface area contributed by atoms with Gasteiger partial charge in [-0.3, -0.25) is 9.58 Å². The highest BCUT2D eigenvalue weighted by Gasteiger charge is 2.42. The van der Waals surface area contributed by atoms with Gasteiger partial charge in [-0.25, -0.2) is 4.98 Å². The van der Waals surface area contributed by atoms with E-state index in [1.165, 1.54) is 5.52 Å². The Morgan fingerprint density at radius 3 is 2.69 bits per heavy atom. The number of aliphatic hydroxyl groups excluding tert-OH is 1. The van der Waals surface area contributed by atoms with Crippen LogP contribution in [0.2, 0.25) is 0 Å². The molecule has 0 amide bonds. The van der Waals surface area contributed by atoms with Crippen molar-refractivity contribution in [1.82, 2.24) is 24.2 Å². The summed E-state index contributed by atoms with van der Waals surface area (Å²) < 4.78 is 4.15. The van der Waals surface area contributed by atoms with E-state index in [9.17, 15) is 5.11 Å². The van der Waals surface area contributed by atoms with Crippen molar-refractivity contribution in [2.75, 3.05) is 13.1 Å². The molecule has 3 heterocycles. The van der Waals surface area contributed by atoms with Crippen LogP contribution in [0.15, 0.2) is 42.7 Å². The number of imidazole rings is 1. The van der Waals surface area contributed by atoms with E-state index >= 15 is 0 Å². The third-order valence-corrected chi connectivity index (χ3v) is 6.29. The van der Waals surface area contributed by atoms with Crippen LogP contribution in [-0.4, -0.2) is 48.5 Å². The van der Waals surface area contributed by atoms with Crippen molar-refractivity contribution in [2.45, 2.75) is 31.5 Å². The molecule has 2 aliphatic rings. The van der Waals surface area contributed by atoms with Crippen LogP contribution >= 0.6 is 0 Å². The van der Waals surface area contributed by atoms with Crippen molar-refractivity contribution in [2.24, 2.45) is 18.9 Å². The van der Waals surface area contributed by atoms with Gasteiger partial charge < -0.3 is 9.67 Å². The fourth-order valence-electron chi connectivity index (χ4n) is 4.93. The first-order valence-electron chi connectivity index (χ1n) is 9.49. The molecule has 0 spiro atoms. The third kappa shape index (κ3) is 2.64. The predicted molar refractivity (Wildman–Crippen MR) is 99.5 cm³/mol. The minimum absolute atomic E-state index is 0.113. The average molecular weight is 351 g/mol. The highest BCUT2D eigenvalue weighted by molar-refractivity contribution is 5.75. The van der Waals surface area contributed by atoms with Gasteiger partial charge in [-0.05, 0) is 42.9 Å². The van der Waals surface area contributed by atoms with E-state index in [4.69, 9.17) is 4.98 Å². The van der Waals surface area contributed by atoms with Gasteiger partial charge in [0.2, 0.25) is 0 Å². The Labute approximate surface area is 153 Å². The van der Waals surface area contributed by atoms with E-state index < -0.39 is 0 Å². The summed E-state index contributed by atoms with van der Waals surface area (Å²) in [7, 11) is 2.10. The lowest BCUT2D eigenvalue weighted by Gasteiger charge is -2.35. The molecular formula is C20H25N5O. The number of nitrogens with zero attached hydrogens (tertiary/aromatic N) is 5. The van der Waals surface area contributed by atoms with Gasteiger partial charge in [-0.15, -0.1) is 0 Å². The summed E-state index contributed by atoms with van der Waals surface area (Å²) in [4.78, 5) is 7.33. The molecule has 1 N–H and O–H groups in total. The second-order valence-electron chi connectivity index (χ2n) is 7.88. The maximum absolute atomic E-state index is 10.6. The van der Waals surface area contributed by atoms with Gasteiger partial charge in [-0.1, -0.05) is 12.1 Å². The minimum Gasteiger partial charge on any atom is -0.391 e. The highest BCUT2D eigenvalue weighted by atomic mass is 16.3. The van der Waals surface area contributed by atoms with Crippen molar-refractivity contribution in [3.63, 3.8) is 0 Å². The predicted octanol–water partition coefficient (Wildman–Crippen LogP) is 2.21. The lowest BCUT2D eigenvalue weighted by Crippen LogP contribution is -2.36. The van der Waals surface area contributed by atoms with E-state index in [2.05, 4.69) is 39.8 Å². The van der Waals surface area contributed by atoms with E-state index in [-0.39, 0.29) is 12.1 Å². The number of rotatable bonds is 3. The van der Waals surface area contributed by atoms with Gasteiger partial charge in [0.15, 0.2) is 0 Å². The SMILES string of the molecule is Cn1c(CN2C[C@H]3C[C@@H](n4cccn4)[C@H](O)C[C@H]3C2)nc2ccccc21. The second kappa shape index (κ2) is 6.21. The number of aliphatic hydroxyl groups is 1. The zero-order chi connectivity index (χ0) is 17.7. The number of hydrogen-bond acceptors (Lipinski definition) is 4.